The lowest BCUT2D eigenvalue weighted by Crippen LogP contribution is -2.13. The molecule has 2 aromatic carbocycles. The number of amides is 1. The zero-order valence-corrected chi connectivity index (χ0v) is 15.6. The van der Waals surface area contributed by atoms with Gasteiger partial charge in [0.15, 0.2) is 12.4 Å². The first-order chi connectivity index (χ1) is 12.5. The van der Waals surface area contributed by atoms with E-state index in [2.05, 4.69) is 21.2 Å². The van der Waals surface area contributed by atoms with Crippen molar-refractivity contribution in [3.8, 4) is 0 Å². The van der Waals surface area contributed by atoms with Gasteiger partial charge in [-0.05, 0) is 48.4 Å². The average Bonchev–Trinajstić information content (AvgIpc) is 2.92. The Kier molecular flexibility index (Phi) is 5.32. The zero-order valence-electron chi connectivity index (χ0n) is 14.0. The van der Waals surface area contributed by atoms with Crippen LogP contribution in [0.5, 0.6) is 0 Å². The maximum Gasteiger partial charge on any atom is 0.331 e. The Bertz CT molecular complexity index is 920. The van der Waals surface area contributed by atoms with Gasteiger partial charge in [0.05, 0.1) is 5.92 Å². The van der Waals surface area contributed by atoms with E-state index in [-0.39, 0.29) is 24.2 Å². The van der Waals surface area contributed by atoms with Gasteiger partial charge >= 0.3 is 5.97 Å². The summed E-state index contributed by atoms with van der Waals surface area (Å²) in [6.07, 6.45) is 2.89. The van der Waals surface area contributed by atoms with Crippen LogP contribution in [0.25, 0.3) is 6.08 Å². The van der Waals surface area contributed by atoms with E-state index in [9.17, 15) is 14.4 Å². The first-order valence-corrected chi connectivity index (χ1v) is 8.82. The second-order valence-corrected chi connectivity index (χ2v) is 6.75. The summed E-state index contributed by atoms with van der Waals surface area (Å²) in [5.74, 6) is -1.30. The molecule has 26 heavy (non-hydrogen) atoms. The van der Waals surface area contributed by atoms with Gasteiger partial charge in [0, 0.05) is 21.8 Å². The smallest absolute Gasteiger partial charge is 0.331 e. The predicted molar refractivity (Wildman–Crippen MR) is 102 cm³/mol. The minimum absolute atomic E-state index is 0.0896. The summed E-state index contributed by atoms with van der Waals surface area (Å²) in [5.41, 5.74) is 2.74. The summed E-state index contributed by atoms with van der Waals surface area (Å²) in [4.78, 5) is 35.7. The molecule has 0 aromatic heterocycles. The highest BCUT2D eigenvalue weighted by Gasteiger charge is 2.27. The van der Waals surface area contributed by atoms with E-state index in [1.807, 2.05) is 24.3 Å². The molecule has 1 amide bonds. The van der Waals surface area contributed by atoms with Crippen molar-refractivity contribution >= 4 is 45.4 Å². The molecule has 2 aromatic rings. The Morgan fingerprint density at radius 3 is 2.77 bits per heavy atom. The summed E-state index contributed by atoms with van der Waals surface area (Å²) < 4.78 is 5.87. The number of ketones is 1. The Morgan fingerprint density at radius 2 is 2.00 bits per heavy atom. The minimum Gasteiger partial charge on any atom is -0.454 e. The van der Waals surface area contributed by atoms with Gasteiger partial charge in [-0.1, -0.05) is 34.1 Å². The van der Waals surface area contributed by atoms with Crippen molar-refractivity contribution in [1.29, 1.82) is 0 Å². The van der Waals surface area contributed by atoms with Crippen LogP contribution in [0, 0.1) is 0 Å². The van der Waals surface area contributed by atoms with Crippen LogP contribution < -0.4 is 5.32 Å². The molecule has 1 aliphatic heterocycles. The summed E-state index contributed by atoms with van der Waals surface area (Å²) >= 11 is 3.39. The quantitative estimate of drug-likeness (QED) is 0.457. The highest BCUT2D eigenvalue weighted by Crippen LogP contribution is 2.32. The largest absolute Gasteiger partial charge is 0.454 e. The van der Waals surface area contributed by atoms with Crippen LogP contribution in [0.15, 0.2) is 53.0 Å². The standard InChI is InChI=1S/C20H16BrNO4/c1-12-15-10-14(6-8-17(15)22-20(12)25)18(23)11-26-19(24)9-7-13-4-2-3-5-16(13)21/h2-10,12H,11H2,1H3,(H,22,25)/b9-7+/t12-/m1/s1. The van der Waals surface area contributed by atoms with Crippen molar-refractivity contribution in [2.75, 3.05) is 11.9 Å². The Hall–Kier alpha value is -2.73. The predicted octanol–water partition coefficient (Wildman–Crippen LogP) is 3.94. The topological polar surface area (TPSA) is 72.5 Å². The number of Topliss-reactive ketones (excluding diaryl/α,β-unsaturated/α-hetero) is 1. The van der Waals surface area contributed by atoms with Crippen molar-refractivity contribution in [3.05, 3.63) is 69.7 Å². The van der Waals surface area contributed by atoms with Crippen molar-refractivity contribution in [2.24, 2.45) is 0 Å². The van der Waals surface area contributed by atoms with Gasteiger partial charge in [0.25, 0.3) is 0 Å². The van der Waals surface area contributed by atoms with Crippen LogP contribution in [0.4, 0.5) is 5.69 Å². The molecule has 0 bridgehead atoms. The fourth-order valence-electron chi connectivity index (χ4n) is 2.63. The maximum absolute atomic E-state index is 12.3. The summed E-state index contributed by atoms with van der Waals surface area (Å²) in [6.45, 7) is 1.43. The number of anilines is 1. The molecule has 0 radical (unpaired) electrons. The van der Waals surface area contributed by atoms with E-state index in [1.165, 1.54) is 6.08 Å². The van der Waals surface area contributed by atoms with Crippen LogP contribution in [0.1, 0.15) is 34.3 Å². The molecule has 1 N–H and O–H groups in total. The zero-order chi connectivity index (χ0) is 18.7. The number of rotatable bonds is 5. The van der Waals surface area contributed by atoms with Crippen LogP contribution in [0.2, 0.25) is 0 Å². The summed E-state index contributed by atoms with van der Waals surface area (Å²) in [6, 6.07) is 12.4. The molecule has 0 saturated carbocycles. The van der Waals surface area contributed by atoms with E-state index in [1.54, 1.807) is 31.2 Å². The molecule has 0 unspecified atom stereocenters. The number of fused-ring (bicyclic) bond motifs is 1. The lowest BCUT2D eigenvalue weighted by atomic mass is 9.99. The van der Waals surface area contributed by atoms with Crippen LogP contribution in [-0.4, -0.2) is 24.3 Å². The summed E-state index contributed by atoms with van der Waals surface area (Å²) in [5, 5.41) is 2.75. The Balaban J connectivity index is 1.60. The van der Waals surface area contributed by atoms with E-state index >= 15 is 0 Å². The first kappa shape index (κ1) is 18.1. The van der Waals surface area contributed by atoms with Crippen LogP contribution in [-0.2, 0) is 14.3 Å². The average molecular weight is 414 g/mol. The van der Waals surface area contributed by atoms with Gasteiger partial charge in [0.2, 0.25) is 5.91 Å². The minimum atomic E-state index is -0.597. The molecule has 0 fully saturated rings. The second kappa shape index (κ2) is 7.66. The molecule has 0 spiro atoms. The highest BCUT2D eigenvalue weighted by atomic mass is 79.9. The monoisotopic (exact) mass is 413 g/mol. The maximum atomic E-state index is 12.3. The van der Waals surface area contributed by atoms with Gasteiger partial charge in [-0.15, -0.1) is 0 Å². The molecule has 5 nitrogen and oxygen atoms in total. The number of nitrogens with one attached hydrogen (secondary N) is 1. The van der Waals surface area contributed by atoms with E-state index in [0.29, 0.717) is 11.3 Å². The number of carbonyl (C=O) groups excluding carboxylic acids is 3. The van der Waals surface area contributed by atoms with E-state index in [0.717, 1.165) is 15.6 Å². The van der Waals surface area contributed by atoms with Gasteiger partial charge in [-0.2, -0.15) is 0 Å². The number of esters is 1. The number of hydrogen-bond donors (Lipinski definition) is 1. The third-order valence-electron chi connectivity index (χ3n) is 4.14. The molecular weight excluding hydrogens is 398 g/mol. The fraction of sp³-hybridized carbons (Fsp3) is 0.150. The van der Waals surface area contributed by atoms with Crippen molar-refractivity contribution in [1.82, 2.24) is 0 Å². The summed E-state index contributed by atoms with van der Waals surface area (Å²) in [7, 11) is 0. The van der Waals surface area contributed by atoms with Gasteiger partial charge < -0.3 is 10.1 Å². The van der Waals surface area contributed by atoms with Crippen molar-refractivity contribution in [3.63, 3.8) is 0 Å². The lowest BCUT2D eigenvalue weighted by molar-refractivity contribution is -0.136. The first-order valence-electron chi connectivity index (χ1n) is 8.03. The van der Waals surface area contributed by atoms with Crippen molar-refractivity contribution in [2.45, 2.75) is 12.8 Å². The van der Waals surface area contributed by atoms with Crippen molar-refractivity contribution < 1.29 is 19.1 Å². The van der Waals surface area contributed by atoms with Gasteiger partial charge in [0.1, 0.15) is 0 Å². The molecule has 1 heterocycles. The second-order valence-electron chi connectivity index (χ2n) is 5.90. The lowest BCUT2D eigenvalue weighted by Gasteiger charge is -2.06. The fourth-order valence-corrected chi connectivity index (χ4v) is 3.04. The number of halogens is 1. The SMILES string of the molecule is C[C@H]1C(=O)Nc2ccc(C(=O)COC(=O)/C=C/c3ccccc3Br)cc21. The normalized spacial score (nSPS) is 15.6. The Morgan fingerprint density at radius 1 is 1.23 bits per heavy atom. The number of ether oxygens (including phenoxy) is 1. The molecule has 0 saturated heterocycles. The molecule has 6 heteroatoms. The van der Waals surface area contributed by atoms with E-state index in [4.69, 9.17) is 4.74 Å². The molecule has 132 valence electrons. The van der Waals surface area contributed by atoms with Crippen LogP contribution in [0.3, 0.4) is 0 Å². The number of benzene rings is 2. The third-order valence-corrected chi connectivity index (χ3v) is 4.86. The molecule has 1 atom stereocenters. The molecule has 3 rings (SSSR count). The van der Waals surface area contributed by atoms with Gasteiger partial charge in [-0.3, -0.25) is 9.59 Å². The van der Waals surface area contributed by atoms with Gasteiger partial charge in [-0.25, -0.2) is 4.79 Å². The number of hydrogen-bond acceptors (Lipinski definition) is 4. The third kappa shape index (κ3) is 3.91. The molecule has 0 aliphatic carbocycles. The number of carbonyl (C=O) groups is 3. The molecule has 1 aliphatic rings. The van der Waals surface area contributed by atoms with Crippen LogP contribution >= 0.6 is 15.9 Å². The molecular formula is C20H16BrNO4. The Labute approximate surface area is 159 Å². The van der Waals surface area contributed by atoms with E-state index < -0.39 is 5.97 Å². The highest BCUT2D eigenvalue weighted by molar-refractivity contribution is 9.10.